The SMILES string of the molecule is OC[C@@H]1CC[C@H]1c1ccccc1. The van der Waals surface area contributed by atoms with E-state index in [4.69, 9.17) is 5.11 Å². The molecule has 1 nitrogen and oxygen atoms in total. The van der Waals surface area contributed by atoms with Gasteiger partial charge in [0.15, 0.2) is 0 Å². The summed E-state index contributed by atoms with van der Waals surface area (Å²) in [5.41, 5.74) is 1.39. The van der Waals surface area contributed by atoms with Gasteiger partial charge in [-0.2, -0.15) is 0 Å². The van der Waals surface area contributed by atoms with E-state index in [9.17, 15) is 0 Å². The number of rotatable bonds is 2. The Morgan fingerprint density at radius 3 is 2.42 bits per heavy atom. The molecule has 1 fully saturated rings. The van der Waals surface area contributed by atoms with E-state index in [1.165, 1.54) is 18.4 Å². The highest BCUT2D eigenvalue weighted by Crippen LogP contribution is 2.41. The van der Waals surface area contributed by atoms with Gasteiger partial charge in [0.2, 0.25) is 0 Å². The maximum absolute atomic E-state index is 9.02. The Kier molecular flexibility index (Phi) is 2.13. The molecule has 0 heterocycles. The molecule has 1 heteroatoms. The van der Waals surface area contributed by atoms with Gasteiger partial charge in [0.1, 0.15) is 0 Å². The van der Waals surface area contributed by atoms with Crippen LogP contribution in [0.3, 0.4) is 0 Å². The van der Waals surface area contributed by atoms with Crippen molar-refractivity contribution in [1.82, 2.24) is 0 Å². The molecule has 1 aliphatic carbocycles. The third kappa shape index (κ3) is 1.25. The Labute approximate surface area is 73.0 Å². The van der Waals surface area contributed by atoms with Crippen molar-refractivity contribution in [3.05, 3.63) is 35.9 Å². The second kappa shape index (κ2) is 3.28. The molecular formula is C11H14O. The van der Waals surface area contributed by atoms with Gasteiger partial charge in [0.05, 0.1) is 0 Å². The van der Waals surface area contributed by atoms with Gasteiger partial charge in [0.25, 0.3) is 0 Å². The van der Waals surface area contributed by atoms with Gasteiger partial charge < -0.3 is 5.11 Å². The lowest BCUT2D eigenvalue weighted by Gasteiger charge is -2.35. The molecule has 1 aromatic carbocycles. The van der Waals surface area contributed by atoms with Crippen molar-refractivity contribution in [1.29, 1.82) is 0 Å². The molecule has 0 aliphatic heterocycles. The number of aliphatic hydroxyl groups is 1. The molecule has 0 aromatic heterocycles. The van der Waals surface area contributed by atoms with E-state index < -0.39 is 0 Å². The lowest BCUT2D eigenvalue weighted by Crippen LogP contribution is -2.26. The zero-order chi connectivity index (χ0) is 8.39. The summed E-state index contributed by atoms with van der Waals surface area (Å²) in [5, 5.41) is 9.02. The summed E-state index contributed by atoms with van der Waals surface area (Å²) < 4.78 is 0. The van der Waals surface area contributed by atoms with E-state index in [0.717, 1.165) is 0 Å². The minimum absolute atomic E-state index is 0.347. The van der Waals surface area contributed by atoms with E-state index in [0.29, 0.717) is 18.4 Å². The van der Waals surface area contributed by atoms with Crippen molar-refractivity contribution >= 4 is 0 Å². The third-order valence-electron chi connectivity index (χ3n) is 2.88. The summed E-state index contributed by atoms with van der Waals surface area (Å²) in [6.45, 7) is 0.347. The first kappa shape index (κ1) is 7.81. The van der Waals surface area contributed by atoms with Crippen LogP contribution in [0, 0.1) is 5.92 Å². The first-order chi connectivity index (χ1) is 5.92. The summed E-state index contributed by atoms with van der Waals surface area (Å²) in [7, 11) is 0. The van der Waals surface area contributed by atoms with Crippen molar-refractivity contribution in [2.75, 3.05) is 6.61 Å². The number of hydrogen-bond acceptors (Lipinski definition) is 1. The van der Waals surface area contributed by atoms with Gasteiger partial charge in [-0.05, 0) is 30.2 Å². The smallest absolute Gasteiger partial charge is 0.0465 e. The van der Waals surface area contributed by atoms with Gasteiger partial charge in [-0.3, -0.25) is 0 Å². The van der Waals surface area contributed by atoms with Crippen LogP contribution >= 0.6 is 0 Å². The third-order valence-corrected chi connectivity index (χ3v) is 2.88. The first-order valence-electron chi connectivity index (χ1n) is 4.57. The lowest BCUT2D eigenvalue weighted by atomic mass is 9.70. The number of aliphatic hydroxyl groups excluding tert-OH is 1. The molecule has 64 valence electrons. The highest BCUT2D eigenvalue weighted by atomic mass is 16.3. The fourth-order valence-electron chi connectivity index (χ4n) is 1.93. The van der Waals surface area contributed by atoms with Crippen LogP contribution in [-0.4, -0.2) is 11.7 Å². The van der Waals surface area contributed by atoms with Gasteiger partial charge in [-0.25, -0.2) is 0 Å². The number of hydrogen-bond donors (Lipinski definition) is 1. The van der Waals surface area contributed by atoms with Crippen LogP contribution in [0.4, 0.5) is 0 Å². The highest BCUT2D eigenvalue weighted by molar-refractivity contribution is 5.22. The van der Waals surface area contributed by atoms with Crippen LogP contribution in [0.15, 0.2) is 30.3 Å². The Bertz CT molecular complexity index is 240. The fraction of sp³-hybridized carbons (Fsp3) is 0.455. The largest absolute Gasteiger partial charge is 0.396 e. The first-order valence-corrected chi connectivity index (χ1v) is 4.57. The van der Waals surface area contributed by atoms with Crippen LogP contribution in [0.25, 0.3) is 0 Å². The van der Waals surface area contributed by atoms with E-state index in [2.05, 4.69) is 24.3 Å². The molecule has 2 rings (SSSR count). The standard InChI is InChI=1S/C11H14O/c12-8-10-6-7-11(10)9-4-2-1-3-5-9/h1-5,10-12H,6-8H2/t10-,11-/m0/s1. The van der Waals surface area contributed by atoms with Gasteiger partial charge in [-0.15, -0.1) is 0 Å². The average Bonchev–Trinajstić information content (AvgIpc) is 2.05. The molecule has 0 bridgehead atoms. The van der Waals surface area contributed by atoms with Crippen molar-refractivity contribution < 1.29 is 5.11 Å². The second-order valence-electron chi connectivity index (χ2n) is 3.54. The van der Waals surface area contributed by atoms with E-state index in [1.54, 1.807) is 0 Å². The van der Waals surface area contributed by atoms with E-state index in [-0.39, 0.29) is 0 Å². The van der Waals surface area contributed by atoms with Crippen LogP contribution < -0.4 is 0 Å². The quantitative estimate of drug-likeness (QED) is 0.706. The molecule has 1 aliphatic rings. The van der Waals surface area contributed by atoms with Crippen LogP contribution in [-0.2, 0) is 0 Å². The zero-order valence-corrected chi connectivity index (χ0v) is 7.11. The summed E-state index contributed by atoms with van der Waals surface area (Å²) >= 11 is 0. The topological polar surface area (TPSA) is 20.2 Å². The molecule has 0 saturated heterocycles. The normalized spacial score (nSPS) is 28.1. The fourth-order valence-corrected chi connectivity index (χ4v) is 1.93. The molecule has 12 heavy (non-hydrogen) atoms. The van der Waals surface area contributed by atoms with Crippen molar-refractivity contribution in [3.63, 3.8) is 0 Å². The van der Waals surface area contributed by atoms with Gasteiger partial charge >= 0.3 is 0 Å². The average molecular weight is 162 g/mol. The maximum Gasteiger partial charge on any atom is 0.0465 e. The van der Waals surface area contributed by atoms with Crippen LogP contribution in [0.1, 0.15) is 24.3 Å². The Morgan fingerprint density at radius 1 is 1.17 bits per heavy atom. The van der Waals surface area contributed by atoms with Gasteiger partial charge in [0, 0.05) is 6.61 Å². The van der Waals surface area contributed by atoms with Crippen molar-refractivity contribution in [2.45, 2.75) is 18.8 Å². The molecule has 1 saturated carbocycles. The lowest BCUT2D eigenvalue weighted by molar-refractivity contribution is 0.135. The predicted molar refractivity (Wildman–Crippen MR) is 49.0 cm³/mol. The minimum atomic E-state index is 0.347. The number of benzene rings is 1. The molecule has 0 spiro atoms. The van der Waals surface area contributed by atoms with E-state index in [1.807, 2.05) is 6.07 Å². The second-order valence-corrected chi connectivity index (χ2v) is 3.54. The Morgan fingerprint density at radius 2 is 1.92 bits per heavy atom. The van der Waals surface area contributed by atoms with Gasteiger partial charge in [-0.1, -0.05) is 30.3 Å². The Balaban J connectivity index is 2.11. The zero-order valence-electron chi connectivity index (χ0n) is 7.11. The molecule has 0 unspecified atom stereocenters. The van der Waals surface area contributed by atoms with E-state index >= 15 is 0 Å². The Hall–Kier alpha value is -0.820. The highest BCUT2D eigenvalue weighted by Gasteiger charge is 2.30. The molecule has 2 atom stereocenters. The summed E-state index contributed by atoms with van der Waals surface area (Å²) in [4.78, 5) is 0. The minimum Gasteiger partial charge on any atom is -0.396 e. The van der Waals surface area contributed by atoms with Crippen molar-refractivity contribution in [3.8, 4) is 0 Å². The predicted octanol–water partition coefficient (Wildman–Crippen LogP) is 2.17. The summed E-state index contributed by atoms with van der Waals surface area (Å²) in [6.07, 6.45) is 2.44. The molecular weight excluding hydrogens is 148 g/mol. The monoisotopic (exact) mass is 162 g/mol. The summed E-state index contributed by atoms with van der Waals surface area (Å²) in [5.74, 6) is 1.14. The maximum atomic E-state index is 9.02. The molecule has 0 amide bonds. The van der Waals surface area contributed by atoms with Crippen LogP contribution in [0.2, 0.25) is 0 Å². The van der Waals surface area contributed by atoms with Crippen LogP contribution in [0.5, 0.6) is 0 Å². The molecule has 0 radical (unpaired) electrons. The molecule has 1 N–H and O–H groups in total. The van der Waals surface area contributed by atoms with Crippen molar-refractivity contribution in [2.24, 2.45) is 5.92 Å². The molecule has 1 aromatic rings. The summed E-state index contributed by atoms with van der Waals surface area (Å²) in [6, 6.07) is 10.5.